The monoisotopic (exact) mass is 357 g/mol. The van der Waals surface area contributed by atoms with Crippen molar-refractivity contribution in [3.05, 3.63) is 36.2 Å². The second-order valence-corrected chi connectivity index (χ2v) is 6.64. The van der Waals surface area contributed by atoms with Crippen LogP contribution in [-0.4, -0.2) is 51.9 Å². The van der Waals surface area contributed by atoms with Gasteiger partial charge in [-0.25, -0.2) is 9.67 Å². The highest BCUT2D eigenvalue weighted by molar-refractivity contribution is 5.79. The zero-order valence-electron chi connectivity index (χ0n) is 15.6. The highest BCUT2D eigenvalue weighted by Crippen LogP contribution is 2.16. The molecule has 0 aliphatic carbocycles. The molecule has 26 heavy (non-hydrogen) atoms. The van der Waals surface area contributed by atoms with E-state index in [9.17, 15) is 0 Å². The van der Waals surface area contributed by atoms with Crippen LogP contribution in [0.1, 0.15) is 37.8 Å². The largest absolute Gasteiger partial charge is 0.490 e. The molecule has 8 heteroatoms. The van der Waals surface area contributed by atoms with Gasteiger partial charge < -0.3 is 15.4 Å². The number of aliphatic imine (C=N–C) groups is 1. The number of ether oxygens (including phenoxy) is 1. The molecule has 0 amide bonds. The summed E-state index contributed by atoms with van der Waals surface area (Å²) in [5.74, 6) is 3.91. The van der Waals surface area contributed by atoms with E-state index in [1.807, 2.05) is 16.8 Å². The maximum Gasteiger partial charge on any atom is 0.191 e. The van der Waals surface area contributed by atoms with Gasteiger partial charge in [-0.3, -0.25) is 9.98 Å². The van der Waals surface area contributed by atoms with E-state index in [1.54, 1.807) is 19.4 Å². The lowest BCUT2D eigenvalue weighted by molar-refractivity contribution is 0.319. The van der Waals surface area contributed by atoms with E-state index in [0.29, 0.717) is 19.1 Å². The summed E-state index contributed by atoms with van der Waals surface area (Å²) in [5, 5.41) is 11.4. The van der Waals surface area contributed by atoms with Crippen LogP contribution in [0.15, 0.2) is 29.5 Å². The second-order valence-electron chi connectivity index (χ2n) is 6.64. The van der Waals surface area contributed by atoms with Crippen LogP contribution in [-0.2, 0) is 13.0 Å². The molecule has 1 aliphatic heterocycles. The highest BCUT2D eigenvalue weighted by Gasteiger charge is 2.23. The summed E-state index contributed by atoms with van der Waals surface area (Å²) in [6.45, 7) is 6.25. The molecule has 0 saturated carbocycles. The van der Waals surface area contributed by atoms with Gasteiger partial charge >= 0.3 is 0 Å². The van der Waals surface area contributed by atoms with Gasteiger partial charge in [0.15, 0.2) is 11.8 Å². The first-order valence-electron chi connectivity index (χ1n) is 9.09. The minimum atomic E-state index is 0.287. The SMILES string of the molecule is CN=C(NCCOc1cccnc1)NC1CCc2nc(C(C)C)nn2C1. The van der Waals surface area contributed by atoms with Gasteiger partial charge in [0.05, 0.1) is 19.3 Å². The van der Waals surface area contributed by atoms with Gasteiger partial charge in [-0.15, -0.1) is 0 Å². The number of nitrogens with one attached hydrogen (secondary N) is 2. The number of aryl methyl sites for hydroxylation is 1. The predicted molar refractivity (Wildman–Crippen MR) is 100 cm³/mol. The van der Waals surface area contributed by atoms with Crippen molar-refractivity contribution in [2.24, 2.45) is 4.99 Å². The average molecular weight is 357 g/mol. The molecule has 1 unspecified atom stereocenters. The Bertz CT molecular complexity index is 726. The summed E-state index contributed by atoms with van der Waals surface area (Å²) < 4.78 is 7.66. The second kappa shape index (κ2) is 8.64. The van der Waals surface area contributed by atoms with Crippen molar-refractivity contribution < 1.29 is 4.74 Å². The maximum atomic E-state index is 5.63. The van der Waals surface area contributed by atoms with Crippen LogP contribution in [0.5, 0.6) is 5.75 Å². The molecular formula is C18H27N7O. The zero-order chi connectivity index (χ0) is 18.4. The third kappa shape index (κ3) is 4.71. The molecule has 0 bridgehead atoms. The number of fused-ring (bicyclic) bond motifs is 1. The minimum absolute atomic E-state index is 0.287. The first-order valence-corrected chi connectivity index (χ1v) is 9.09. The smallest absolute Gasteiger partial charge is 0.191 e. The summed E-state index contributed by atoms with van der Waals surface area (Å²) in [7, 11) is 1.78. The fourth-order valence-electron chi connectivity index (χ4n) is 2.85. The molecular weight excluding hydrogens is 330 g/mol. The molecule has 2 aromatic heterocycles. The Hall–Kier alpha value is -2.64. The van der Waals surface area contributed by atoms with Gasteiger partial charge in [0.2, 0.25) is 0 Å². The average Bonchev–Trinajstić information content (AvgIpc) is 3.09. The summed E-state index contributed by atoms with van der Waals surface area (Å²) in [6.07, 6.45) is 5.38. The summed E-state index contributed by atoms with van der Waals surface area (Å²) in [5.41, 5.74) is 0. The number of hydrogen-bond donors (Lipinski definition) is 2. The van der Waals surface area contributed by atoms with E-state index in [4.69, 9.17) is 4.74 Å². The normalized spacial score (nSPS) is 17.1. The molecule has 140 valence electrons. The molecule has 3 rings (SSSR count). The van der Waals surface area contributed by atoms with E-state index in [2.05, 4.69) is 44.5 Å². The van der Waals surface area contributed by atoms with Gasteiger partial charge in [-0.05, 0) is 18.6 Å². The van der Waals surface area contributed by atoms with E-state index in [0.717, 1.165) is 42.7 Å². The number of aromatic nitrogens is 4. The predicted octanol–water partition coefficient (Wildman–Crippen LogP) is 1.36. The molecule has 3 heterocycles. The topological polar surface area (TPSA) is 89.2 Å². The molecule has 0 fully saturated rings. The number of guanidine groups is 1. The van der Waals surface area contributed by atoms with Crippen LogP contribution in [0.3, 0.4) is 0 Å². The van der Waals surface area contributed by atoms with Crippen molar-refractivity contribution in [1.29, 1.82) is 0 Å². The van der Waals surface area contributed by atoms with Crippen LogP contribution in [0.2, 0.25) is 0 Å². The Morgan fingerprint density at radius 2 is 2.35 bits per heavy atom. The summed E-state index contributed by atoms with van der Waals surface area (Å²) in [4.78, 5) is 13.0. The van der Waals surface area contributed by atoms with Crippen LogP contribution in [0.4, 0.5) is 0 Å². The molecule has 0 radical (unpaired) electrons. The van der Waals surface area contributed by atoms with Gasteiger partial charge in [0.25, 0.3) is 0 Å². The Labute approximate surface area is 154 Å². The van der Waals surface area contributed by atoms with Crippen LogP contribution < -0.4 is 15.4 Å². The molecule has 1 atom stereocenters. The van der Waals surface area contributed by atoms with Crippen molar-refractivity contribution in [1.82, 2.24) is 30.4 Å². The third-order valence-corrected chi connectivity index (χ3v) is 4.25. The Morgan fingerprint density at radius 3 is 3.08 bits per heavy atom. The van der Waals surface area contributed by atoms with Gasteiger partial charge in [0, 0.05) is 31.6 Å². The molecule has 0 spiro atoms. The first-order chi connectivity index (χ1) is 12.7. The number of nitrogens with zero attached hydrogens (tertiary/aromatic N) is 5. The third-order valence-electron chi connectivity index (χ3n) is 4.25. The molecule has 2 aromatic rings. The van der Waals surface area contributed by atoms with Crippen molar-refractivity contribution >= 4 is 5.96 Å². The highest BCUT2D eigenvalue weighted by atomic mass is 16.5. The van der Waals surface area contributed by atoms with Gasteiger partial charge in [0.1, 0.15) is 18.2 Å². The molecule has 1 aliphatic rings. The van der Waals surface area contributed by atoms with E-state index < -0.39 is 0 Å². The first kappa shape index (κ1) is 18.2. The molecule has 8 nitrogen and oxygen atoms in total. The molecule has 2 N–H and O–H groups in total. The fraction of sp³-hybridized carbons (Fsp3) is 0.556. The fourth-order valence-corrected chi connectivity index (χ4v) is 2.85. The minimum Gasteiger partial charge on any atom is -0.490 e. The lowest BCUT2D eigenvalue weighted by atomic mass is 10.1. The van der Waals surface area contributed by atoms with Crippen molar-refractivity contribution in [2.45, 2.75) is 45.2 Å². The van der Waals surface area contributed by atoms with Crippen LogP contribution >= 0.6 is 0 Å². The van der Waals surface area contributed by atoms with E-state index in [1.165, 1.54) is 0 Å². The Balaban J connectivity index is 1.45. The Kier molecular flexibility index (Phi) is 6.04. The molecule has 0 aromatic carbocycles. The van der Waals surface area contributed by atoms with E-state index >= 15 is 0 Å². The summed E-state index contributed by atoms with van der Waals surface area (Å²) >= 11 is 0. The number of hydrogen-bond acceptors (Lipinski definition) is 5. The van der Waals surface area contributed by atoms with Crippen LogP contribution in [0.25, 0.3) is 0 Å². The molecule has 0 saturated heterocycles. The van der Waals surface area contributed by atoms with Crippen molar-refractivity contribution in [3.8, 4) is 5.75 Å². The van der Waals surface area contributed by atoms with E-state index in [-0.39, 0.29) is 6.04 Å². The van der Waals surface area contributed by atoms with Crippen LogP contribution in [0, 0.1) is 0 Å². The Morgan fingerprint density at radius 1 is 1.46 bits per heavy atom. The van der Waals surface area contributed by atoms with Gasteiger partial charge in [-0.1, -0.05) is 13.8 Å². The number of pyridine rings is 1. The maximum absolute atomic E-state index is 5.63. The standard InChI is InChI=1S/C18H27N7O/c1-13(2)17-23-16-7-6-14(12-25(16)24-17)22-18(19-3)21-9-10-26-15-5-4-8-20-11-15/h4-5,8,11,13-14H,6-7,9-10,12H2,1-3H3,(H2,19,21,22). The lowest BCUT2D eigenvalue weighted by Crippen LogP contribution is -2.47. The lowest BCUT2D eigenvalue weighted by Gasteiger charge is -2.25. The van der Waals surface area contributed by atoms with Gasteiger partial charge in [-0.2, -0.15) is 5.10 Å². The summed E-state index contributed by atoms with van der Waals surface area (Å²) in [6, 6.07) is 4.04. The quantitative estimate of drug-likeness (QED) is 0.461. The number of rotatable bonds is 6. The van der Waals surface area contributed by atoms with Crippen molar-refractivity contribution in [3.63, 3.8) is 0 Å². The van der Waals surface area contributed by atoms with Crippen molar-refractivity contribution in [2.75, 3.05) is 20.2 Å². The zero-order valence-corrected chi connectivity index (χ0v) is 15.6.